The molecule has 9 nitrogen and oxygen atoms in total. The molecular weight excluding hydrogens is 524 g/mol. The zero-order valence-electron chi connectivity index (χ0n) is 22.7. The number of hydrogen-bond acceptors (Lipinski definition) is 6. The summed E-state index contributed by atoms with van der Waals surface area (Å²) in [7, 11) is 1.50. The Labute approximate surface area is 239 Å². The Balaban J connectivity index is 1.50. The Kier molecular flexibility index (Phi) is 7.97. The third kappa shape index (κ3) is 5.35. The van der Waals surface area contributed by atoms with E-state index in [1.165, 1.54) is 13.2 Å². The van der Waals surface area contributed by atoms with Crippen LogP contribution in [0.3, 0.4) is 0 Å². The summed E-state index contributed by atoms with van der Waals surface area (Å²) in [6.07, 6.45) is 2.65. The van der Waals surface area contributed by atoms with Crippen LogP contribution < -0.4 is 15.4 Å². The van der Waals surface area contributed by atoms with E-state index in [4.69, 9.17) is 17.0 Å². The first kappa shape index (κ1) is 27.1. The average molecular weight is 557 g/mol. The van der Waals surface area contributed by atoms with Gasteiger partial charge in [-0.15, -0.1) is 0 Å². The Morgan fingerprint density at radius 1 is 1.10 bits per heavy atom. The van der Waals surface area contributed by atoms with Crippen molar-refractivity contribution in [3.63, 3.8) is 0 Å². The summed E-state index contributed by atoms with van der Waals surface area (Å²) in [5.74, 6) is 0.439. The van der Waals surface area contributed by atoms with E-state index in [0.717, 1.165) is 47.8 Å². The molecule has 2 atom stereocenters. The molecule has 2 N–H and O–H groups in total. The number of thiocarbonyl (C=S) groups is 1. The average Bonchev–Trinajstić information content (AvgIpc) is 3.45. The SMILES string of the molecule is COc1ccc(-n2c(C)cc([C@@H]3[C@H](c4ccccn4)NC(=S)N3CCCNc3ccccc3)c2C)c([N+](=O)[O-])c1. The number of nitro benzene ring substituents is 1. The second kappa shape index (κ2) is 11.7. The number of methoxy groups -OCH3 is 1. The van der Waals surface area contributed by atoms with E-state index in [2.05, 4.69) is 38.7 Å². The molecular formula is C30H32N6O3S. The minimum atomic E-state index is -0.370. The third-order valence-corrected chi connectivity index (χ3v) is 7.64. The van der Waals surface area contributed by atoms with Gasteiger partial charge in [-0.3, -0.25) is 15.1 Å². The molecule has 0 amide bonds. The van der Waals surface area contributed by atoms with Crippen molar-refractivity contribution in [2.45, 2.75) is 32.4 Å². The number of aryl methyl sites for hydroxylation is 1. The van der Waals surface area contributed by atoms with Crippen molar-refractivity contribution < 1.29 is 9.66 Å². The highest BCUT2D eigenvalue weighted by Gasteiger charge is 2.41. The summed E-state index contributed by atoms with van der Waals surface area (Å²) >= 11 is 5.85. The lowest BCUT2D eigenvalue weighted by Gasteiger charge is -2.28. The van der Waals surface area contributed by atoms with Crippen molar-refractivity contribution in [3.8, 4) is 11.4 Å². The molecule has 206 valence electrons. The highest BCUT2D eigenvalue weighted by Crippen LogP contribution is 2.42. The number of nitrogens with one attached hydrogen (secondary N) is 2. The number of rotatable bonds is 10. The van der Waals surface area contributed by atoms with Crippen LogP contribution in [0.4, 0.5) is 11.4 Å². The number of benzene rings is 2. The number of para-hydroxylation sites is 1. The quantitative estimate of drug-likeness (QED) is 0.108. The predicted octanol–water partition coefficient (Wildman–Crippen LogP) is 5.88. The van der Waals surface area contributed by atoms with Crippen LogP contribution in [-0.2, 0) is 0 Å². The Hall–Kier alpha value is -4.44. The molecule has 0 unspecified atom stereocenters. The highest BCUT2D eigenvalue weighted by atomic mass is 32.1. The van der Waals surface area contributed by atoms with Crippen LogP contribution in [0.5, 0.6) is 5.75 Å². The van der Waals surface area contributed by atoms with Crippen LogP contribution in [0.15, 0.2) is 79.0 Å². The molecule has 1 aliphatic rings. The molecule has 3 heterocycles. The van der Waals surface area contributed by atoms with Crippen molar-refractivity contribution >= 4 is 28.7 Å². The van der Waals surface area contributed by atoms with Gasteiger partial charge in [0.25, 0.3) is 5.69 Å². The Bertz CT molecular complexity index is 1510. The minimum absolute atomic E-state index is 0.0158. The minimum Gasteiger partial charge on any atom is -0.496 e. The van der Waals surface area contributed by atoms with Gasteiger partial charge in [-0.1, -0.05) is 24.3 Å². The molecule has 1 fully saturated rings. The Morgan fingerprint density at radius 3 is 2.58 bits per heavy atom. The Morgan fingerprint density at radius 2 is 1.88 bits per heavy atom. The smallest absolute Gasteiger partial charge is 0.296 e. The maximum Gasteiger partial charge on any atom is 0.296 e. The molecule has 2 aromatic heterocycles. The highest BCUT2D eigenvalue weighted by molar-refractivity contribution is 7.80. The van der Waals surface area contributed by atoms with Gasteiger partial charge in [0.15, 0.2) is 5.11 Å². The lowest BCUT2D eigenvalue weighted by atomic mass is 9.96. The van der Waals surface area contributed by atoms with E-state index in [1.54, 1.807) is 18.3 Å². The van der Waals surface area contributed by atoms with E-state index in [1.807, 2.05) is 54.8 Å². The first-order valence-electron chi connectivity index (χ1n) is 13.2. The second-order valence-corrected chi connectivity index (χ2v) is 10.1. The van der Waals surface area contributed by atoms with E-state index < -0.39 is 0 Å². The van der Waals surface area contributed by atoms with Crippen LogP contribution in [-0.4, -0.2) is 44.7 Å². The predicted molar refractivity (Wildman–Crippen MR) is 160 cm³/mol. The molecule has 0 radical (unpaired) electrons. The largest absolute Gasteiger partial charge is 0.496 e. The van der Waals surface area contributed by atoms with E-state index >= 15 is 0 Å². The number of anilines is 1. The van der Waals surface area contributed by atoms with Gasteiger partial charge in [-0.25, -0.2) is 0 Å². The van der Waals surface area contributed by atoms with Gasteiger partial charge in [0.2, 0.25) is 0 Å². The standard InChI is InChI=1S/C30H32N6O3S/c1-20-18-24(21(2)35(20)26-14-13-23(39-3)19-27(26)36(37)38)29-28(25-12-7-8-15-32-25)33-30(40)34(29)17-9-16-31-22-10-5-4-6-11-22/h4-8,10-15,18-19,28-29,31H,9,16-17H2,1-3H3,(H,33,40)/t28-,29+/m0/s1. The third-order valence-electron chi connectivity index (χ3n) is 7.29. The molecule has 0 bridgehead atoms. The number of nitrogens with zero attached hydrogens (tertiary/aromatic N) is 4. The summed E-state index contributed by atoms with van der Waals surface area (Å²) in [6.45, 7) is 5.49. The lowest BCUT2D eigenvalue weighted by molar-refractivity contribution is -0.384. The van der Waals surface area contributed by atoms with Gasteiger partial charge in [-0.2, -0.15) is 0 Å². The normalized spacial score (nSPS) is 16.6. The first-order chi connectivity index (χ1) is 19.4. The van der Waals surface area contributed by atoms with Crippen LogP contribution in [0.25, 0.3) is 5.69 Å². The molecule has 0 saturated carbocycles. The van der Waals surface area contributed by atoms with Crippen molar-refractivity contribution in [1.29, 1.82) is 0 Å². The summed E-state index contributed by atoms with van der Waals surface area (Å²) in [5, 5.41) is 19.7. The van der Waals surface area contributed by atoms with Crippen LogP contribution in [0.1, 0.15) is 41.1 Å². The second-order valence-electron chi connectivity index (χ2n) is 9.74. The van der Waals surface area contributed by atoms with Crippen molar-refractivity contribution in [1.82, 2.24) is 19.8 Å². The molecule has 5 rings (SSSR count). The summed E-state index contributed by atoms with van der Waals surface area (Å²) in [5.41, 5.74) is 5.30. The summed E-state index contributed by atoms with van der Waals surface area (Å²) < 4.78 is 7.20. The maximum absolute atomic E-state index is 12.0. The molecule has 4 aromatic rings. The number of pyridine rings is 1. The number of ether oxygens (including phenoxy) is 1. The molecule has 0 aliphatic carbocycles. The maximum atomic E-state index is 12.0. The van der Waals surface area contributed by atoms with Gasteiger partial charge >= 0.3 is 0 Å². The van der Waals surface area contributed by atoms with Crippen LogP contribution in [0, 0.1) is 24.0 Å². The van der Waals surface area contributed by atoms with E-state index in [0.29, 0.717) is 16.5 Å². The summed E-state index contributed by atoms with van der Waals surface area (Å²) in [6, 6.07) is 22.7. The fourth-order valence-electron chi connectivity index (χ4n) is 5.45. The molecule has 0 spiro atoms. The van der Waals surface area contributed by atoms with E-state index in [9.17, 15) is 10.1 Å². The van der Waals surface area contributed by atoms with Gasteiger partial charge in [0.1, 0.15) is 11.4 Å². The monoisotopic (exact) mass is 556 g/mol. The fraction of sp³-hybridized carbons (Fsp3) is 0.267. The molecule has 1 aliphatic heterocycles. The zero-order chi connectivity index (χ0) is 28.2. The van der Waals surface area contributed by atoms with Gasteiger partial charge in [0.05, 0.1) is 35.9 Å². The van der Waals surface area contributed by atoms with Gasteiger partial charge < -0.3 is 24.8 Å². The lowest BCUT2D eigenvalue weighted by Crippen LogP contribution is -2.31. The molecule has 1 saturated heterocycles. The molecule has 2 aromatic carbocycles. The van der Waals surface area contributed by atoms with Gasteiger partial charge in [-0.05, 0) is 80.5 Å². The topological polar surface area (TPSA) is 97.5 Å². The molecule has 10 heteroatoms. The fourth-order valence-corrected chi connectivity index (χ4v) is 5.78. The van der Waals surface area contributed by atoms with Crippen molar-refractivity contribution in [3.05, 3.63) is 112 Å². The number of hydrogen-bond donors (Lipinski definition) is 2. The van der Waals surface area contributed by atoms with Crippen LogP contribution in [0.2, 0.25) is 0 Å². The summed E-state index contributed by atoms with van der Waals surface area (Å²) in [4.78, 5) is 18.5. The van der Waals surface area contributed by atoms with Crippen molar-refractivity contribution in [2.75, 3.05) is 25.5 Å². The van der Waals surface area contributed by atoms with Gasteiger partial charge in [0, 0.05) is 36.4 Å². The van der Waals surface area contributed by atoms with Crippen LogP contribution >= 0.6 is 12.2 Å². The zero-order valence-corrected chi connectivity index (χ0v) is 23.5. The molecule has 40 heavy (non-hydrogen) atoms. The number of aromatic nitrogens is 2. The van der Waals surface area contributed by atoms with E-state index in [-0.39, 0.29) is 22.7 Å². The van der Waals surface area contributed by atoms with Crippen molar-refractivity contribution in [2.24, 2.45) is 0 Å². The number of nitro groups is 1. The first-order valence-corrected chi connectivity index (χ1v) is 13.6.